The third-order valence-corrected chi connectivity index (χ3v) is 0. The van der Waals surface area contributed by atoms with Crippen LogP contribution >= 0.6 is 0 Å². The summed E-state index contributed by atoms with van der Waals surface area (Å²) in [6, 6.07) is 0. The summed E-state index contributed by atoms with van der Waals surface area (Å²) in [5.41, 5.74) is 0. The molecule has 0 aromatic heterocycles. The third kappa shape index (κ3) is 437. The van der Waals surface area contributed by atoms with Crippen LogP contribution in [0.3, 0.4) is 0 Å². The van der Waals surface area contributed by atoms with Gasteiger partial charge in [-0.25, -0.2) is 0 Å². The Labute approximate surface area is 85.9 Å². The van der Waals surface area contributed by atoms with Crippen LogP contribution in [0.4, 0.5) is 0 Å². The zero-order chi connectivity index (χ0) is 5.41. The fourth-order valence-electron chi connectivity index (χ4n) is 0. The van der Waals surface area contributed by atoms with Crippen LogP contribution in [0.15, 0.2) is 0 Å². The summed E-state index contributed by atoms with van der Waals surface area (Å²) in [5, 5.41) is 14.9. The van der Waals surface area contributed by atoms with Gasteiger partial charge in [0.2, 0.25) is 0 Å². The Morgan fingerprint density at radius 3 is 1.00 bits per heavy atom. The molecule has 0 unspecified atom stereocenters. The van der Waals surface area contributed by atoms with Crippen molar-refractivity contribution in [1.82, 2.24) is 0 Å². The second kappa shape index (κ2) is 47.3. The molecule has 0 saturated heterocycles. The normalized spacial score (nSPS) is 2.00. The average molecular weight is 110 g/mol. The maximum absolute atomic E-state index is 7.43. The predicted octanol–water partition coefficient (Wildman–Crippen LogP) is -8.33. The van der Waals surface area contributed by atoms with E-state index in [2.05, 4.69) is 0 Å². The van der Waals surface area contributed by atoms with E-state index >= 15 is 0 Å². The predicted molar refractivity (Wildman–Crippen MR) is 31.1 cm³/mol. The first-order chi connectivity index (χ1) is 2.83. The molecule has 0 aliphatic carbocycles. The molecule has 0 N–H and O–H groups in total. The van der Waals surface area contributed by atoms with Gasteiger partial charge in [0, 0.05) is 0 Å². The van der Waals surface area contributed by atoms with Gasteiger partial charge < -0.3 is 0 Å². The van der Waals surface area contributed by atoms with Gasteiger partial charge in [0.25, 0.3) is 0 Å². The van der Waals surface area contributed by atoms with Crippen LogP contribution in [0.2, 0.25) is 0 Å². The molecule has 0 aromatic rings. The quantitative estimate of drug-likeness (QED) is 0.290. The maximum atomic E-state index is 7.43. The van der Waals surface area contributed by atoms with Crippen LogP contribution in [0.5, 0.6) is 0 Å². The molecule has 0 aliphatic heterocycles. The molecule has 0 aromatic carbocycles. The number of rotatable bonds is 0. The van der Waals surface area contributed by atoms with E-state index in [1.54, 1.807) is 0 Å². The topological polar surface area (TPSA) is 47.6 Å². The van der Waals surface area contributed by atoms with Crippen molar-refractivity contribution in [2.24, 2.45) is 0 Å². The molecule has 0 amide bonds. The van der Waals surface area contributed by atoms with Crippen LogP contribution in [0.1, 0.15) is 0 Å². The van der Waals surface area contributed by atoms with Gasteiger partial charge in [0.1, 0.15) is 0 Å². The second-order valence-electron chi connectivity index (χ2n) is 0. The Bertz CT molecular complexity index is 73.0. The minimum absolute atomic E-state index is 0. The van der Waals surface area contributed by atoms with E-state index in [4.69, 9.17) is 10.5 Å². The Kier molecular flexibility index (Phi) is 138. The zero-order valence-electron chi connectivity index (χ0n) is 3.89. The zero-order valence-corrected chi connectivity index (χ0v) is 5.89. The summed E-state index contributed by atoms with van der Waals surface area (Å²) in [6.45, 7) is 0. The van der Waals surface area contributed by atoms with Gasteiger partial charge in [-0.2, -0.15) is 11.9 Å². The maximum Gasteiger partial charge on any atom is 1.00 e. The summed E-state index contributed by atoms with van der Waals surface area (Å²) >= 11 is 0. The number of hydrogen-bond donors (Lipinski definition) is 0. The van der Waals surface area contributed by atoms with Crippen molar-refractivity contribution in [3.8, 4) is 11.9 Å². The summed E-state index contributed by atoms with van der Waals surface area (Å²) < 4.78 is 0. The van der Waals surface area contributed by atoms with Gasteiger partial charge in [0.15, 0.2) is 0 Å². The number of nitrogens with zero attached hydrogens (tertiary/aromatic N) is 2. The van der Waals surface area contributed by atoms with Gasteiger partial charge in [-0.05, 0) is 0 Å². The monoisotopic (exact) mass is 110 g/mol. The Hall–Kier alpha value is 0.707. The van der Waals surface area contributed by atoms with Gasteiger partial charge >= 0.3 is 48.4 Å². The molecule has 0 spiro atoms. The largest absolute Gasteiger partial charge is 1.00 e. The van der Waals surface area contributed by atoms with Crippen molar-refractivity contribution >= 4 is 15.7 Å². The fourth-order valence-corrected chi connectivity index (χ4v) is 0. The Morgan fingerprint density at radius 2 is 1.00 bits per heavy atom. The van der Waals surface area contributed by atoms with E-state index in [0.717, 1.165) is 0 Å². The molecule has 0 saturated carbocycles. The van der Waals surface area contributed by atoms with Gasteiger partial charge in [-0.15, -0.1) is 0 Å². The van der Waals surface area contributed by atoms with E-state index in [-0.39, 0.29) is 64.1 Å². The van der Waals surface area contributed by atoms with Crippen molar-refractivity contribution in [2.75, 3.05) is 0 Å². The van der Waals surface area contributed by atoms with E-state index < -0.39 is 0 Å². The summed E-state index contributed by atoms with van der Waals surface area (Å²) in [5.74, 6) is 4.00. The first-order valence-corrected chi connectivity index (χ1v) is 0.447. The fraction of sp³-hybridized carbons (Fsp3) is 0. The van der Waals surface area contributed by atoms with Crippen LogP contribution in [0, 0.1) is 22.5 Å². The molecule has 0 fully saturated rings. The van der Waals surface area contributed by atoms with Crippen molar-refractivity contribution in [3.63, 3.8) is 0 Å². The van der Waals surface area contributed by atoms with Gasteiger partial charge in [-0.3, -0.25) is 10.5 Å². The molecule has 2 nitrogen and oxygen atoms in total. The summed E-state index contributed by atoms with van der Waals surface area (Å²) in [6.07, 6.45) is 0. The third-order valence-electron chi connectivity index (χ3n) is 0. The van der Waals surface area contributed by atoms with Crippen LogP contribution < -0.4 is 48.4 Å². The molecular weight excluding hydrogens is 104 g/mol. The molecule has 6 heteroatoms. The van der Waals surface area contributed by atoms with E-state index in [0.29, 0.717) is 0 Å². The molecule has 0 bridgehead atoms. The van der Waals surface area contributed by atoms with Crippen LogP contribution in [0.25, 0.3) is 0 Å². The molecule has 0 radical (unpaired) electrons. The smallest absolute Gasteiger partial charge is 0.251 e. The van der Waals surface area contributed by atoms with Crippen molar-refractivity contribution < 1.29 is 48.4 Å². The van der Waals surface area contributed by atoms with Crippen molar-refractivity contribution in [2.45, 2.75) is 0 Å². The average Bonchev–Trinajstić information content (AvgIpc) is 1.39. The SMILES string of the molecule is [BH3-]C#N.[BH3-]C#N.[Li+].[Na+]. The second-order valence-corrected chi connectivity index (χ2v) is 0. The molecule has 0 aliphatic rings. The van der Waals surface area contributed by atoms with Crippen molar-refractivity contribution in [1.29, 1.82) is 10.5 Å². The first kappa shape index (κ1) is 23.3. The molecule has 0 rings (SSSR count). The molecule has 8 heavy (non-hydrogen) atoms. The van der Waals surface area contributed by atoms with E-state index in [9.17, 15) is 0 Å². The minimum atomic E-state index is 0. The molecule has 32 valence electrons. The molecule has 0 heterocycles. The van der Waals surface area contributed by atoms with Crippen molar-refractivity contribution in [3.05, 3.63) is 0 Å². The Morgan fingerprint density at radius 1 is 1.00 bits per heavy atom. The standard InChI is InChI=1S/2CH3BN.Li.Na/c2*2-1-3;;/h2*2H3;;/q2*-1;2*+1. The Balaban J connectivity index is -0.0000000160. The number of hydrogen-bond acceptors (Lipinski definition) is 2. The van der Waals surface area contributed by atoms with Crippen LogP contribution in [-0.2, 0) is 0 Å². The van der Waals surface area contributed by atoms with Crippen LogP contribution in [-0.4, -0.2) is 15.7 Å². The minimum Gasteiger partial charge on any atom is -0.251 e. The number of nitriles is 2. The summed E-state index contributed by atoms with van der Waals surface area (Å²) in [7, 11) is 0.139. The molecule has 0 atom stereocenters. The summed E-state index contributed by atoms with van der Waals surface area (Å²) in [4.78, 5) is 0. The molecular formula is C2H6B2LiN2Na. The van der Waals surface area contributed by atoms with E-state index in [1.165, 1.54) is 0 Å². The van der Waals surface area contributed by atoms with Gasteiger partial charge in [0.05, 0.1) is 15.7 Å². The van der Waals surface area contributed by atoms with E-state index in [1.807, 2.05) is 11.9 Å². The first-order valence-electron chi connectivity index (χ1n) is 0.447. The van der Waals surface area contributed by atoms with Gasteiger partial charge in [-0.1, -0.05) is 0 Å².